The van der Waals surface area contributed by atoms with Gasteiger partial charge in [-0.3, -0.25) is 4.79 Å². The second-order valence-corrected chi connectivity index (χ2v) is 7.50. The number of fused-ring (bicyclic) bond motifs is 1. The Hall–Kier alpha value is -3.37. The fraction of sp³-hybridized carbons (Fsp3) is 0.0526. The molecule has 1 amide bonds. The zero-order valence-electron chi connectivity index (χ0n) is 15.3. The number of aromatic hydroxyl groups is 1. The Kier molecular flexibility index (Phi) is 4.96. The number of H-pyrrole nitrogens is 1. The predicted molar refractivity (Wildman–Crippen MR) is 114 cm³/mol. The monoisotopic (exact) mass is 489 g/mol. The molecular weight excluding hydrogens is 478 g/mol. The first-order valence-corrected chi connectivity index (χ1v) is 9.62. The quantitative estimate of drug-likeness (QED) is 0.402. The van der Waals surface area contributed by atoms with E-state index in [2.05, 4.69) is 30.9 Å². The molecule has 0 atom stereocenters. The Morgan fingerprint density at radius 3 is 2.73 bits per heavy atom. The van der Waals surface area contributed by atoms with Crippen LogP contribution >= 0.6 is 27.5 Å². The van der Waals surface area contributed by atoms with E-state index in [4.69, 9.17) is 22.1 Å². The minimum absolute atomic E-state index is 0.0982. The summed E-state index contributed by atoms with van der Waals surface area (Å²) in [6.07, 6.45) is 0. The molecular formula is C19H13BrClN5O4. The van der Waals surface area contributed by atoms with Crippen molar-refractivity contribution in [1.82, 2.24) is 19.5 Å². The Balaban J connectivity index is 2.06. The number of amides is 1. The third-order valence-electron chi connectivity index (χ3n) is 4.34. The number of primary amides is 1. The Bertz CT molecular complexity index is 1380. The third kappa shape index (κ3) is 3.29. The number of imidazole rings is 1. The minimum atomic E-state index is -0.840. The van der Waals surface area contributed by atoms with Gasteiger partial charge in [0.25, 0.3) is 5.91 Å². The van der Waals surface area contributed by atoms with E-state index < -0.39 is 11.6 Å². The number of hydrogen-bond donors (Lipinski definition) is 3. The number of ether oxygens (including phenoxy) is 1. The number of rotatable bonds is 4. The summed E-state index contributed by atoms with van der Waals surface area (Å²) in [7, 11) is 1.40. The molecule has 0 radical (unpaired) electrons. The highest BCUT2D eigenvalue weighted by Crippen LogP contribution is 2.38. The van der Waals surface area contributed by atoms with Gasteiger partial charge in [-0.15, -0.1) is 0 Å². The number of nitrogens with two attached hydrogens (primary N) is 1. The van der Waals surface area contributed by atoms with Crippen LogP contribution in [0.25, 0.3) is 28.2 Å². The predicted octanol–water partition coefficient (Wildman–Crippen LogP) is 3.00. The summed E-state index contributed by atoms with van der Waals surface area (Å²) < 4.78 is 6.77. The molecule has 152 valence electrons. The lowest BCUT2D eigenvalue weighted by Crippen LogP contribution is -2.15. The highest BCUT2D eigenvalue weighted by Gasteiger charge is 2.21. The van der Waals surface area contributed by atoms with Crippen LogP contribution in [0.3, 0.4) is 0 Å². The summed E-state index contributed by atoms with van der Waals surface area (Å²) >= 11 is 9.31. The van der Waals surface area contributed by atoms with Crippen LogP contribution < -0.4 is 16.2 Å². The molecule has 0 fully saturated rings. The van der Waals surface area contributed by atoms with Crippen molar-refractivity contribution in [3.05, 3.63) is 62.1 Å². The molecule has 4 N–H and O–H groups in total. The van der Waals surface area contributed by atoms with Crippen molar-refractivity contribution >= 4 is 44.6 Å². The first-order valence-electron chi connectivity index (χ1n) is 8.45. The van der Waals surface area contributed by atoms with Crippen molar-refractivity contribution in [2.24, 2.45) is 5.73 Å². The third-order valence-corrected chi connectivity index (χ3v) is 5.18. The van der Waals surface area contributed by atoms with Crippen molar-refractivity contribution in [1.29, 1.82) is 0 Å². The van der Waals surface area contributed by atoms with Gasteiger partial charge in [-0.2, -0.15) is 0 Å². The molecule has 2 aromatic heterocycles. The molecule has 0 saturated carbocycles. The maximum absolute atomic E-state index is 12.7. The molecule has 0 aliphatic rings. The van der Waals surface area contributed by atoms with Crippen LogP contribution in [0.4, 0.5) is 0 Å². The van der Waals surface area contributed by atoms with Crippen LogP contribution in [0.2, 0.25) is 5.02 Å². The van der Waals surface area contributed by atoms with Crippen molar-refractivity contribution in [2.45, 2.75) is 0 Å². The summed E-state index contributed by atoms with van der Waals surface area (Å²) in [6.45, 7) is 0. The van der Waals surface area contributed by atoms with Gasteiger partial charge < -0.3 is 20.6 Å². The molecule has 0 aliphatic carbocycles. The number of aromatic nitrogens is 4. The van der Waals surface area contributed by atoms with Gasteiger partial charge in [0.2, 0.25) is 0 Å². The molecule has 0 saturated heterocycles. The van der Waals surface area contributed by atoms with Crippen molar-refractivity contribution in [3.8, 4) is 28.6 Å². The number of carbonyl (C=O) groups excluding carboxylic acids is 1. The van der Waals surface area contributed by atoms with Gasteiger partial charge in [0.15, 0.2) is 28.7 Å². The van der Waals surface area contributed by atoms with E-state index in [0.29, 0.717) is 20.7 Å². The molecule has 0 aliphatic heterocycles. The van der Waals surface area contributed by atoms with E-state index in [1.54, 1.807) is 30.3 Å². The van der Waals surface area contributed by atoms with Crippen LogP contribution in [0, 0.1) is 0 Å². The Morgan fingerprint density at radius 1 is 1.30 bits per heavy atom. The number of hydrogen-bond acceptors (Lipinski definition) is 6. The number of phenolic OH excluding ortho intramolecular Hbond substituents is 1. The SMILES string of the molecule is COc1cc(-c2nc(C(N)=O)c3[nH]c(=O)n(-c4cccc(Cl)c4)c3n2)cc(Br)c1O. The van der Waals surface area contributed by atoms with E-state index in [-0.39, 0.29) is 34.2 Å². The van der Waals surface area contributed by atoms with Gasteiger partial charge in [-0.1, -0.05) is 17.7 Å². The zero-order chi connectivity index (χ0) is 21.6. The molecule has 2 heterocycles. The average Bonchev–Trinajstić information content (AvgIpc) is 3.04. The Labute approximate surface area is 182 Å². The largest absolute Gasteiger partial charge is 0.503 e. The summed E-state index contributed by atoms with van der Waals surface area (Å²) in [4.78, 5) is 36.0. The number of halogens is 2. The van der Waals surface area contributed by atoms with E-state index in [0.717, 1.165) is 0 Å². The zero-order valence-corrected chi connectivity index (χ0v) is 17.7. The number of benzene rings is 2. The van der Waals surface area contributed by atoms with Crippen LogP contribution in [-0.4, -0.2) is 37.6 Å². The van der Waals surface area contributed by atoms with Gasteiger partial charge in [-0.05, 0) is 46.3 Å². The summed E-state index contributed by atoms with van der Waals surface area (Å²) in [6, 6.07) is 9.66. The normalized spacial score (nSPS) is 11.0. The van der Waals surface area contributed by atoms with Gasteiger partial charge in [0.05, 0.1) is 17.3 Å². The molecule has 30 heavy (non-hydrogen) atoms. The van der Waals surface area contributed by atoms with Gasteiger partial charge in [0, 0.05) is 10.6 Å². The molecule has 0 spiro atoms. The van der Waals surface area contributed by atoms with E-state index in [1.807, 2.05) is 0 Å². The van der Waals surface area contributed by atoms with Crippen molar-refractivity contribution in [3.63, 3.8) is 0 Å². The smallest absolute Gasteiger partial charge is 0.332 e. The van der Waals surface area contributed by atoms with E-state index in [9.17, 15) is 14.7 Å². The van der Waals surface area contributed by atoms with Crippen LogP contribution in [0.1, 0.15) is 10.5 Å². The number of methoxy groups -OCH3 is 1. The first kappa shape index (κ1) is 19.9. The van der Waals surface area contributed by atoms with Crippen molar-refractivity contribution < 1.29 is 14.6 Å². The molecule has 9 nitrogen and oxygen atoms in total. The molecule has 11 heteroatoms. The number of phenols is 1. The highest BCUT2D eigenvalue weighted by atomic mass is 79.9. The second kappa shape index (κ2) is 7.47. The van der Waals surface area contributed by atoms with E-state index in [1.165, 1.54) is 17.7 Å². The summed E-state index contributed by atoms with van der Waals surface area (Å²) in [5.74, 6) is -0.669. The van der Waals surface area contributed by atoms with Gasteiger partial charge in [0.1, 0.15) is 5.52 Å². The lowest BCUT2D eigenvalue weighted by atomic mass is 10.1. The summed E-state index contributed by atoms with van der Waals surface area (Å²) in [5, 5.41) is 10.5. The number of nitrogens with zero attached hydrogens (tertiary/aromatic N) is 3. The topological polar surface area (TPSA) is 136 Å². The second-order valence-electron chi connectivity index (χ2n) is 6.21. The van der Waals surface area contributed by atoms with Crippen LogP contribution in [0.5, 0.6) is 11.5 Å². The number of carbonyl (C=O) groups is 1. The lowest BCUT2D eigenvalue weighted by molar-refractivity contribution is 0.0997. The first-order chi connectivity index (χ1) is 14.3. The Morgan fingerprint density at radius 2 is 2.07 bits per heavy atom. The lowest BCUT2D eigenvalue weighted by Gasteiger charge is -2.10. The maximum Gasteiger partial charge on any atom is 0.332 e. The van der Waals surface area contributed by atoms with Crippen LogP contribution in [0.15, 0.2) is 45.7 Å². The fourth-order valence-electron chi connectivity index (χ4n) is 3.01. The van der Waals surface area contributed by atoms with Gasteiger partial charge >= 0.3 is 5.69 Å². The van der Waals surface area contributed by atoms with Crippen LogP contribution in [-0.2, 0) is 0 Å². The average molecular weight is 491 g/mol. The fourth-order valence-corrected chi connectivity index (χ4v) is 3.63. The molecule has 2 aromatic carbocycles. The number of aromatic amines is 1. The molecule has 4 aromatic rings. The standard InChI is InChI=1S/C19H13BrClN5O4/c1-30-12-6-8(5-11(20)15(12)27)17-23-13(16(22)28)14-18(25-17)26(19(29)24-14)10-4-2-3-9(21)7-10/h2-7,27H,1H3,(H2,22,28)(H,24,29). The molecule has 0 bridgehead atoms. The maximum atomic E-state index is 12.7. The summed E-state index contributed by atoms with van der Waals surface area (Å²) in [5.41, 5.74) is 5.92. The molecule has 0 unspecified atom stereocenters. The highest BCUT2D eigenvalue weighted by molar-refractivity contribution is 9.10. The number of nitrogens with one attached hydrogen (secondary N) is 1. The minimum Gasteiger partial charge on any atom is -0.503 e. The van der Waals surface area contributed by atoms with Gasteiger partial charge in [-0.25, -0.2) is 19.3 Å². The van der Waals surface area contributed by atoms with Crippen molar-refractivity contribution in [2.75, 3.05) is 7.11 Å². The van der Waals surface area contributed by atoms with E-state index >= 15 is 0 Å². The molecule has 4 rings (SSSR count).